The fourth-order valence-electron chi connectivity index (χ4n) is 2.00. The number of halogens is 4. The molecular weight excluding hydrogens is 266 g/mol. The molecule has 1 amide bonds. The van der Waals surface area contributed by atoms with Gasteiger partial charge in [0.05, 0.1) is 24.8 Å². The molecule has 0 aliphatic carbocycles. The second kappa shape index (κ2) is 5.16. The monoisotopic (exact) mass is 277 g/mol. The highest BCUT2D eigenvalue weighted by Crippen LogP contribution is 2.34. The van der Waals surface area contributed by atoms with Crippen LogP contribution in [0.25, 0.3) is 0 Å². The molecule has 3 nitrogen and oxygen atoms in total. The molecule has 1 aliphatic heterocycles. The summed E-state index contributed by atoms with van der Waals surface area (Å²) in [5.74, 6) is -1.33. The summed E-state index contributed by atoms with van der Waals surface area (Å²) in [7, 11) is 0. The highest BCUT2D eigenvalue weighted by molar-refractivity contribution is 5.49. The van der Waals surface area contributed by atoms with Crippen molar-refractivity contribution in [1.29, 1.82) is 0 Å². The molecule has 0 N–H and O–H groups in total. The Hall–Kier alpha value is -1.63. The van der Waals surface area contributed by atoms with E-state index in [0.717, 1.165) is 12.1 Å². The molecule has 1 atom stereocenters. The molecule has 0 radical (unpaired) electrons. The number of carbonyl (C=O) groups is 1. The van der Waals surface area contributed by atoms with Crippen molar-refractivity contribution >= 4 is 6.41 Å². The Morgan fingerprint density at radius 1 is 1.37 bits per heavy atom. The Labute approximate surface area is 106 Å². The van der Waals surface area contributed by atoms with Gasteiger partial charge < -0.3 is 9.64 Å². The summed E-state index contributed by atoms with van der Waals surface area (Å²) in [4.78, 5) is 12.2. The maximum atomic E-state index is 13.2. The van der Waals surface area contributed by atoms with Crippen molar-refractivity contribution in [2.45, 2.75) is 12.2 Å². The lowest BCUT2D eigenvalue weighted by molar-refractivity contribution is -0.140. The Morgan fingerprint density at radius 3 is 2.74 bits per heavy atom. The number of carbonyl (C=O) groups excluding carboxylic acids is 1. The predicted octanol–water partition coefficient (Wildman–Crippen LogP) is 2.37. The first-order chi connectivity index (χ1) is 8.93. The second-order valence-corrected chi connectivity index (χ2v) is 4.17. The molecule has 1 heterocycles. The zero-order valence-corrected chi connectivity index (χ0v) is 9.78. The number of rotatable bonds is 2. The van der Waals surface area contributed by atoms with E-state index in [1.165, 1.54) is 11.0 Å². The number of amides is 1. The molecule has 1 aromatic rings. The molecule has 0 aromatic heterocycles. The molecule has 1 fully saturated rings. The number of hydrogen-bond acceptors (Lipinski definition) is 2. The topological polar surface area (TPSA) is 29.5 Å². The summed E-state index contributed by atoms with van der Waals surface area (Å²) >= 11 is 0. The predicted molar refractivity (Wildman–Crippen MR) is 57.7 cm³/mol. The van der Waals surface area contributed by atoms with Crippen LogP contribution in [0.2, 0.25) is 0 Å². The molecule has 0 unspecified atom stereocenters. The van der Waals surface area contributed by atoms with Crippen molar-refractivity contribution in [3.8, 4) is 0 Å². The van der Waals surface area contributed by atoms with Crippen LogP contribution < -0.4 is 0 Å². The summed E-state index contributed by atoms with van der Waals surface area (Å²) in [6.45, 7) is 0.733. The smallest absolute Gasteiger partial charge is 0.377 e. The first kappa shape index (κ1) is 13.8. The summed E-state index contributed by atoms with van der Waals surface area (Å²) in [5, 5.41) is 0. The number of hydrogen-bond donors (Lipinski definition) is 0. The maximum Gasteiger partial charge on any atom is 0.419 e. The normalized spacial score (nSPS) is 20.4. The van der Waals surface area contributed by atoms with Crippen LogP contribution in [0.15, 0.2) is 18.2 Å². The third-order valence-electron chi connectivity index (χ3n) is 2.99. The average molecular weight is 277 g/mol. The van der Waals surface area contributed by atoms with Crippen molar-refractivity contribution in [1.82, 2.24) is 4.90 Å². The van der Waals surface area contributed by atoms with Crippen LogP contribution >= 0.6 is 0 Å². The van der Waals surface area contributed by atoms with Crippen molar-refractivity contribution in [3.63, 3.8) is 0 Å². The molecule has 1 aromatic carbocycles. The molecule has 1 aliphatic rings. The van der Waals surface area contributed by atoms with Gasteiger partial charge in [-0.15, -0.1) is 0 Å². The molecule has 0 spiro atoms. The zero-order valence-electron chi connectivity index (χ0n) is 9.78. The quantitative estimate of drug-likeness (QED) is 0.613. The number of alkyl halides is 3. The van der Waals surface area contributed by atoms with Crippen molar-refractivity contribution in [2.75, 3.05) is 19.8 Å². The van der Waals surface area contributed by atoms with E-state index in [1.807, 2.05) is 0 Å². The van der Waals surface area contributed by atoms with Crippen molar-refractivity contribution in [3.05, 3.63) is 35.1 Å². The van der Waals surface area contributed by atoms with Gasteiger partial charge in [0, 0.05) is 6.54 Å². The lowest BCUT2D eigenvalue weighted by Crippen LogP contribution is -2.38. The molecule has 7 heteroatoms. The fraction of sp³-hybridized carbons (Fsp3) is 0.417. The number of nitrogens with zero attached hydrogens (tertiary/aromatic N) is 1. The molecule has 0 saturated carbocycles. The van der Waals surface area contributed by atoms with Crippen LogP contribution in [0.4, 0.5) is 17.6 Å². The van der Waals surface area contributed by atoms with Gasteiger partial charge in [0.25, 0.3) is 0 Å². The largest absolute Gasteiger partial charge is 0.419 e. The van der Waals surface area contributed by atoms with E-state index in [1.54, 1.807) is 0 Å². The van der Waals surface area contributed by atoms with Gasteiger partial charge in [0.1, 0.15) is 5.82 Å². The van der Waals surface area contributed by atoms with Gasteiger partial charge in [-0.2, -0.15) is 13.2 Å². The van der Waals surface area contributed by atoms with Crippen molar-refractivity contribution in [2.24, 2.45) is 0 Å². The van der Waals surface area contributed by atoms with Crippen LogP contribution in [0.5, 0.6) is 0 Å². The third-order valence-corrected chi connectivity index (χ3v) is 2.99. The van der Waals surface area contributed by atoms with Crippen molar-refractivity contribution < 1.29 is 27.1 Å². The van der Waals surface area contributed by atoms with Gasteiger partial charge >= 0.3 is 6.18 Å². The van der Waals surface area contributed by atoms with E-state index in [-0.39, 0.29) is 12.2 Å². The van der Waals surface area contributed by atoms with Gasteiger partial charge in [0.15, 0.2) is 0 Å². The SMILES string of the molecule is O=CN1CCOC[C@@H]1c1ccc(F)c(C(F)(F)F)c1. The highest BCUT2D eigenvalue weighted by atomic mass is 19.4. The molecule has 104 valence electrons. The Morgan fingerprint density at radius 2 is 2.11 bits per heavy atom. The van der Waals surface area contributed by atoms with Gasteiger partial charge in [0.2, 0.25) is 6.41 Å². The number of benzene rings is 1. The van der Waals surface area contributed by atoms with Crippen LogP contribution in [0, 0.1) is 5.82 Å². The molecule has 0 bridgehead atoms. The molecule has 2 rings (SSSR count). The fourth-order valence-corrected chi connectivity index (χ4v) is 2.00. The summed E-state index contributed by atoms with van der Waals surface area (Å²) < 4.78 is 56.2. The van der Waals surface area contributed by atoms with Gasteiger partial charge in [-0.1, -0.05) is 6.07 Å². The minimum absolute atomic E-state index is 0.0989. The number of morpholine rings is 1. The summed E-state index contributed by atoms with van der Waals surface area (Å²) in [5.41, 5.74) is -1.12. The van der Waals surface area contributed by atoms with E-state index in [9.17, 15) is 22.4 Å². The Balaban J connectivity index is 2.37. The van der Waals surface area contributed by atoms with E-state index >= 15 is 0 Å². The van der Waals surface area contributed by atoms with E-state index in [4.69, 9.17) is 4.74 Å². The Bertz CT molecular complexity index is 475. The van der Waals surface area contributed by atoms with Crippen LogP contribution in [0.1, 0.15) is 17.2 Å². The van der Waals surface area contributed by atoms with Gasteiger partial charge in [-0.25, -0.2) is 4.39 Å². The molecule has 19 heavy (non-hydrogen) atoms. The third kappa shape index (κ3) is 2.86. The lowest BCUT2D eigenvalue weighted by atomic mass is 10.0. The summed E-state index contributed by atoms with van der Waals surface area (Å²) in [6.07, 6.45) is -4.20. The standard InChI is InChI=1S/C12H11F4NO2/c13-10-2-1-8(5-9(10)12(14,15)16)11-6-19-4-3-17(11)7-18/h1-2,5,7,11H,3-4,6H2/t11-/m1/s1. The zero-order chi connectivity index (χ0) is 14.0. The van der Waals surface area contributed by atoms with E-state index in [0.29, 0.717) is 19.6 Å². The first-order valence-electron chi connectivity index (χ1n) is 5.59. The average Bonchev–Trinajstić information content (AvgIpc) is 2.38. The highest BCUT2D eigenvalue weighted by Gasteiger charge is 2.35. The summed E-state index contributed by atoms with van der Waals surface area (Å²) in [6, 6.07) is 2.11. The molecule has 1 saturated heterocycles. The number of ether oxygens (including phenoxy) is 1. The minimum atomic E-state index is -4.76. The first-order valence-corrected chi connectivity index (χ1v) is 5.59. The van der Waals surface area contributed by atoms with E-state index in [2.05, 4.69) is 0 Å². The van der Waals surface area contributed by atoms with Gasteiger partial charge in [-0.3, -0.25) is 4.79 Å². The lowest BCUT2D eigenvalue weighted by Gasteiger charge is -2.33. The van der Waals surface area contributed by atoms with Gasteiger partial charge in [-0.05, 0) is 17.7 Å². The minimum Gasteiger partial charge on any atom is -0.377 e. The van der Waals surface area contributed by atoms with Crippen LogP contribution in [-0.4, -0.2) is 31.1 Å². The van der Waals surface area contributed by atoms with E-state index < -0.39 is 23.6 Å². The Kier molecular flexibility index (Phi) is 3.75. The van der Waals surface area contributed by atoms with Crippen LogP contribution in [-0.2, 0) is 15.7 Å². The maximum absolute atomic E-state index is 13.2. The molecular formula is C12H11F4NO2. The van der Waals surface area contributed by atoms with Crippen LogP contribution in [0.3, 0.4) is 0 Å². The second-order valence-electron chi connectivity index (χ2n) is 4.17.